The lowest BCUT2D eigenvalue weighted by Gasteiger charge is -2.08. The molecule has 0 spiro atoms. The SMILES string of the molecule is Cc1cccc(NC(=O)CSCC(=O)Nc2cccc3cccnc23)c1. The van der Waals surface area contributed by atoms with Gasteiger partial charge in [0, 0.05) is 17.3 Å². The average Bonchev–Trinajstić information content (AvgIpc) is 2.62. The normalized spacial score (nSPS) is 10.5. The molecular weight excluding hydrogens is 346 g/mol. The van der Waals surface area contributed by atoms with Gasteiger partial charge in [0.15, 0.2) is 0 Å². The van der Waals surface area contributed by atoms with Gasteiger partial charge in [-0.3, -0.25) is 14.6 Å². The molecule has 2 N–H and O–H groups in total. The number of hydrogen-bond acceptors (Lipinski definition) is 4. The minimum absolute atomic E-state index is 0.125. The van der Waals surface area contributed by atoms with E-state index >= 15 is 0 Å². The van der Waals surface area contributed by atoms with Crippen molar-refractivity contribution in [3.63, 3.8) is 0 Å². The zero-order chi connectivity index (χ0) is 18.4. The second kappa shape index (κ2) is 8.49. The summed E-state index contributed by atoms with van der Waals surface area (Å²) in [6.45, 7) is 1.97. The Bertz CT molecular complexity index is 938. The topological polar surface area (TPSA) is 71.1 Å². The molecule has 0 atom stereocenters. The summed E-state index contributed by atoms with van der Waals surface area (Å²) in [5, 5.41) is 6.66. The van der Waals surface area contributed by atoms with Gasteiger partial charge in [-0.1, -0.05) is 30.3 Å². The lowest BCUT2D eigenvalue weighted by molar-refractivity contribution is -0.114. The number of carbonyl (C=O) groups excluding carboxylic acids is 2. The monoisotopic (exact) mass is 365 g/mol. The Morgan fingerprint density at radius 1 is 0.962 bits per heavy atom. The number of aryl methyl sites for hydroxylation is 1. The molecule has 3 aromatic rings. The van der Waals surface area contributed by atoms with Crippen LogP contribution in [0.2, 0.25) is 0 Å². The molecule has 2 amide bonds. The molecule has 6 heteroatoms. The lowest BCUT2D eigenvalue weighted by atomic mass is 10.2. The maximum absolute atomic E-state index is 12.1. The Kier molecular flexibility index (Phi) is 5.86. The highest BCUT2D eigenvalue weighted by Gasteiger charge is 2.09. The number of anilines is 2. The first-order chi connectivity index (χ1) is 12.6. The third kappa shape index (κ3) is 4.83. The van der Waals surface area contributed by atoms with Gasteiger partial charge in [0.2, 0.25) is 11.8 Å². The van der Waals surface area contributed by atoms with Crippen LogP contribution in [-0.2, 0) is 9.59 Å². The summed E-state index contributed by atoms with van der Waals surface area (Å²) in [4.78, 5) is 28.4. The van der Waals surface area contributed by atoms with E-state index < -0.39 is 0 Å². The standard InChI is InChI=1S/C20H19N3O2S/c1-14-5-2-8-16(11-14)22-18(24)12-26-13-19(25)23-17-9-3-6-15-7-4-10-21-20(15)17/h2-11H,12-13H2,1H3,(H,22,24)(H,23,25). The van der Waals surface area contributed by atoms with Gasteiger partial charge in [0.25, 0.3) is 0 Å². The number of thioether (sulfide) groups is 1. The fourth-order valence-corrected chi connectivity index (χ4v) is 3.16. The van der Waals surface area contributed by atoms with Gasteiger partial charge < -0.3 is 10.6 Å². The largest absolute Gasteiger partial charge is 0.325 e. The van der Waals surface area contributed by atoms with Crippen molar-refractivity contribution in [1.29, 1.82) is 0 Å². The molecule has 0 aliphatic rings. The van der Waals surface area contributed by atoms with E-state index in [2.05, 4.69) is 15.6 Å². The fraction of sp³-hybridized carbons (Fsp3) is 0.150. The minimum Gasteiger partial charge on any atom is -0.325 e. The van der Waals surface area contributed by atoms with Gasteiger partial charge >= 0.3 is 0 Å². The van der Waals surface area contributed by atoms with Crippen LogP contribution in [0, 0.1) is 6.92 Å². The van der Waals surface area contributed by atoms with E-state index in [1.54, 1.807) is 6.20 Å². The van der Waals surface area contributed by atoms with Gasteiger partial charge in [-0.15, -0.1) is 11.8 Å². The zero-order valence-corrected chi connectivity index (χ0v) is 15.2. The Morgan fingerprint density at radius 2 is 1.69 bits per heavy atom. The summed E-state index contributed by atoms with van der Waals surface area (Å²) in [6.07, 6.45) is 1.70. The number of fused-ring (bicyclic) bond motifs is 1. The summed E-state index contributed by atoms with van der Waals surface area (Å²) in [7, 11) is 0. The van der Waals surface area contributed by atoms with Crippen LogP contribution in [0.15, 0.2) is 60.8 Å². The Balaban J connectivity index is 1.49. The molecule has 26 heavy (non-hydrogen) atoms. The smallest absolute Gasteiger partial charge is 0.234 e. The second-order valence-corrected chi connectivity index (χ2v) is 6.82. The molecule has 0 fully saturated rings. The van der Waals surface area contributed by atoms with E-state index in [9.17, 15) is 9.59 Å². The lowest BCUT2D eigenvalue weighted by Crippen LogP contribution is -2.18. The van der Waals surface area contributed by atoms with Crippen LogP contribution in [0.5, 0.6) is 0 Å². The van der Waals surface area contributed by atoms with Crippen LogP contribution >= 0.6 is 11.8 Å². The third-order valence-electron chi connectivity index (χ3n) is 3.67. The molecule has 2 aromatic carbocycles. The number of hydrogen-bond donors (Lipinski definition) is 2. The molecule has 0 bridgehead atoms. The van der Waals surface area contributed by atoms with Crippen molar-refractivity contribution in [3.8, 4) is 0 Å². The molecule has 0 aliphatic carbocycles. The van der Waals surface area contributed by atoms with Gasteiger partial charge in [0.05, 0.1) is 22.7 Å². The van der Waals surface area contributed by atoms with E-state index in [1.807, 2.05) is 61.5 Å². The number of amides is 2. The van der Waals surface area contributed by atoms with Crippen LogP contribution in [0.1, 0.15) is 5.56 Å². The summed E-state index contributed by atoms with van der Waals surface area (Å²) in [5.41, 5.74) is 3.28. The van der Waals surface area contributed by atoms with Crippen LogP contribution in [0.25, 0.3) is 10.9 Å². The predicted molar refractivity (Wildman–Crippen MR) is 108 cm³/mol. The van der Waals surface area contributed by atoms with E-state index in [-0.39, 0.29) is 23.3 Å². The molecule has 5 nitrogen and oxygen atoms in total. The number of para-hydroxylation sites is 1. The van der Waals surface area contributed by atoms with Gasteiger partial charge in [-0.25, -0.2) is 0 Å². The fourth-order valence-electron chi connectivity index (χ4n) is 2.55. The van der Waals surface area contributed by atoms with Crippen molar-refractivity contribution >= 4 is 45.9 Å². The van der Waals surface area contributed by atoms with Crippen LogP contribution < -0.4 is 10.6 Å². The maximum Gasteiger partial charge on any atom is 0.234 e. The number of benzene rings is 2. The molecule has 3 rings (SSSR count). The highest BCUT2D eigenvalue weighted by Crippen LogP contribution is 2.20. The van der Waals surface area contributed by atoms with Crippen molar-refractivity contribution in [2.45, 2.75) is 6.92 Å². The first kappa shape index (κ1) is 17.9. The van der Waals surface area contributed by atoms with E-state index in [0.717, 1.165) is 22.2 Å². The second-order valence-electron chi connectivity index (χ2n) is 5.84. The number of nitrogens with one attached hydrogen (secondary N) is 2. The van der Waals surface area contributed by atoms with Gasteiger partial charge in [-0.2, -0.15) is 0 Å². The van der Waals surface area contributed by atoms with Crippen molar-refractivity contribution in [1.82, 2.24) is 4.98 Å². The summed E-state index contributed by atoms with van der Waals surface area (Å²) < 4.78 is 0. The van der Waals surface area contributed by atoms with Crippen LogP contribution in [0.4, 0.5) is 11.4 Å². The molecule has 0 radical (unpaired) electrons. The van der Waals surface area contributed by atoms with Gasteiger partial charge in [0.1, 0.15) is 0 Å². The van der Waals surface area contributed by atoms with E-state index in [0.29, 0.717) is 5.69 Å². The number of nitrogens with zero attached hydrogens (tertiary/aromatic N) is 1. The minimum atomic E-state index is -0.156. The van der Waals surface area contributed by atoms with E-state index in [1.165, 1.54) is 11.8 Å². The molecule has 0 unspecified atom stereocenters. The molecule has 0 saturated carbocycles. The van der Waals surface area contributed by atoms with Crippen molar-refractivity contribution < 1.29 is 9.59 Å². The van der Waals surface area contributed by atoms with Crippen molar-refractivity contribution in [2.24, 2.45) is 0 Å². The molecule has 132 valence electrons. The van der Waals surface area contributed by atoms with Crippen LogP contribution in [0.3, 0.4) is 0 Å². The molecule has 1 heterocycles. The summed E-state index contributed by atoms with van der Waals surface area (Å²) in [6, 6.07) is 17.1. The quantitative estimate of drug-likeness (QED) is 0.696. The number of aromatic nitrogens is 1. The Labute approximate surface area is 156 Å². The predicted octanol–water partition coefficient (Wildman–Crippen LogP) is 3.85. The molecule has 1 aromatic heterocycles. The third-order valence-corrected chi connectivity index (χ3v) is 4.61. The number of pyridine rings is 1. The van der Waals surface area contributed by atoms with Crippen molar-refractivity contribution in [3.05, 3.63) is 66.4 Å². The Morgan fingerprint density at radius 3 is 2.50 bits per heavy atom. The average molecular weight is 365 g/mol. The highest BCUT2D eigenvalue weighted by molar-refractivity contribution is 8.00. The number of rotatable bonds is 6. The van der Waals surface area contributed by atoms with E-state index in [4.69, 9.17) is 0 Å². The summed E-state index contributed by atoms with van der Waals surface area (Å²) >= 11 is 1.27. The Hall–Kier alpha value is -2.86. The first-order valence-corrected chi connectivity index (χ1v) is 9.35. The van der Waals surface area contributed by atoms with Crippen LogP contribution in [-0.4, -0.2) is 28.3 Å². The van der Waals surface area contributed by atoms with Gasteiger partial charge in [-0.05, 0) is 36.8 Å². The first-order valence-electron chi connectivity index (χ1n) is 8.20. The number of carbonyl (C=O) groups is 2. The van der Waals surface area contributed by atoms with Crippen molar-refractivity contribution in [2.75, 3.05) is 22.1 Å². The molecule has 0 aliphatic heterocycles. The zero-order valence-electron chi connectivity index (χ0n) is 14.4. The highest BCUT2D eigenvalue weighted by atomic mass is 32.2. The maximum atomic E-state index is 12.1. The summed E-state index contributed by atoms with van der Waals surface area (Å²) in [5.74, 6) is 0.135. The molecular formula is C20H19N3O2S. The molecule has 0 saturated heterocycles.